The molecule has 0 spiro atoms. The number of benzene rings is 3. The largest absolute Gasteiger partial charge is 0.343 e. The topological polar surface area (TPSA) is 81.8 Å². The maximum absolute atomic E-state index is 12.6. The highest BCUT2D eigenvalue weighted by Crippen LogP contribution is 2.21. The van der Waals surface area contributed by atoms with Crippen molar-refractivity contribution in [1.29, 1.82) is 0 Å². The number of anilines is 1. The minimum atomic E-state index is -0.284. The minimum absolute atomic E-state index is 0.0632. The monoisotopic (exact) mass is 490 g/mol. The van der Waals surface area contributed by atoms with Crippen LogP contribution in [0.5, 0.6) is 0 Å². The molecule has 1 aliphatic heterocycles. The second-order valence-corrected chi connectivity index (χ2v) is 8.72. The third kappa shape index (κ3) is 6.68. The molecule has 7 nitrogen and oxygen atoms in total. The molecule has 3 aromatic rings. The van der Waals surface area contributed by atoms with E-state index in [1.165, 1.54) is 0 Å². The summed E-state index contributed by atoms with van der Waals surface area (Å²) in [5.41, 5.74) is 3.19. The summed E-state index contributed by atoms with van der Waals surface area (Å²) in [6, 6.07) is 24.3. The van der Waals surface area contributed by atoms with Gasteiger partial charge in [0.15, 0.2) is 0 Å². The summed E-state index contributed by atoms with van der Waals surface area (Å²) in [5.74, 6) is -0.573. The van der Waals surface area contributed by atoms with Gasteiger partial charge in [0.25, 0.3) is 5.91 Å². The first-order chi connectivity index (χ1) is 17.0. The van der Waals surface area contributed by atoms with Crippen LogP contribution in [0.4, 0.5) is 5.69 Å². The molecule has 1 fully saturated rings. The molecular formula is C27H27ClN4O3. The van der Waals surface area contributed by atoms with Crippen LogP contribution >= 0.6 is 11.6 Å². The number of nitrogens with one attached hydrogen (secondary N) is 2. The lowest BCUT2D eigenvalue weighted by atomic mass is 10.0. The van der Waals surface area contributed by atoms with Gasteiger partial charge < -0.3 is 15.5 Å². The Bertz CT molecular complexity index is 1180. The van der Waals surface area contributed by atoms with Gasteiger partial charge in [-0.15, -0.1) is 0 Å². The van der Waals surface area contributed by atoms with Crippen LogP contribution in [0.15, 0.2) is 78.9 Å². The van der Waals surface area contributed by atoms with E-state index in [9.17, 15) is 14.4 Å². The zero-order valence-corrected chi connectivity index (χ0v) is 20.0. The molecule has 0 unspecified atom stereocenters. The van der Waals surface area contributed by atoms with E-state index < -0.39 is 0 Å². The van der Waals surface area contributed by atoms with Gasteiger partial charge in [-0.3, -0.25) is 19.3 Å². The first-order valence-corrected chi connectivity index (χ1v) is 11.9. The number of amides is 3. The van der Waals surface area contributed by atoms with Gasteiger partial charge in [-0.05, 0) is 35.4 Å². The molecule has 1 aliphatic rings. The van der Waals surface area contributed by atoms with Crippen LogP contribution in [0.2, 0.25) is 5.02 Å². The second kappa shape index (κ2) is 11.6. The zero-order chi connectivity index (χ0) is 24.6. The number of nitrogens with zero attached hydrogens (tertiary/aromatic N) is 2. The number of hydrogen-bond acceptors (Lipinski definition) is 4. The van der Waals surface area contributed by atoms with Gasteiger partial charge in [0, 0.05) is 31.7 Å². The Kier molecular flexibility index (Phi) is 8.13. The van der Waals surface area contributed by atoms with Crippen molar-refractivity contribution in [3.05, 3.63) is 89.4 Å². The summed E-state index contributed by atoms with van der Waals surface area (Å²) in [4.78, 5) is 41.1. The lowest BCUT2D eigenvalue weighted by Gasteiger charge is -2.34. The van der Waals surface area contributed by atoms with Crippen LogP contribution in [0.1, 0.15) is 10.4 Å². The molecule has 0 atom stereocenters. The van der Waals surface area contributed by atoms with E-state index in [2.05, 4.69) is 10.6 Å². The predicted octanol–water partition coefficient (Wildman–Crippen LogP) is 3.52. The molecule has 4 rings (SSSR count). The Morgan fingerprint density at radius 1 is 0.771 bits per heavy atom. The fourth-order valence-electron chi connectivity index (χ4n) is 3.93. The van der Waals surface area contributed by atoms with Crippen molar-refractivity contribution in [3.8, 4) is 11.1 Å². The molecule has 35 heavy (non-hydrogen) atoms. The SMILES string of the molecule is O=C(CN1CCN(C(=O)CNC(=O)c2ccc(-c3ccccc3)cc2)CC1)Nc1ccccc1Cl. The van der Waals surface area contributed by atoms with Gasteiger partial charge in [-0.2, -0.15) is 0 Å². The van der Waals surface area contributed by atoms with Crippen molar-refractivity contribution in [2.75, 3.05) is 44.6 Å². The minimum Gasteiger partial charge on any atom is -0.343 e. The van der Waals surface area contributed by atoms with E-state index in [0.29, 0.717) is 42.5 Å². The van der Waals surface area contributed by atoms with Crippen LogP contribution in [0, 0.1) is 0 Å². The van der Waals surface area contributed by atoms with Crippen LogP contribution in [0.3, 0.4) is 0 Å². The van der Waals surface area contributed by atoms with E-state index >= 15 is 0 Å². The van der Waals surface area contributed by atoms with E-state index in [-0.39, 0.29) is 30.8 Å². The lowest BCUT2D eigenvalue weighted by molar-refractivity contribution is -0.132. The molecule has 3 aromatic carbocycles. The summed E-state index contributed by atoms with van der Waals surface area (Å²) in [5, 5.41) is 6.01. The van der Waals surface area contributed by atoms with Gasteiger partial charge in [0.1, 0.15) is 0 Å². The molecule has 180 valence electrons. The molecule has 2 N–H and O–H groups in total. The fraction of sp³-hybridized carbons (Fsp3) is 0.222. The maximum Gasteiger partial charge on any atom is 0.251 e. The quantitative estimate of drug-likeness (QED) is 0.531. The molecule has 3 amide bonds. The van der Waals surface area contributed by atoms with E-state index in [0.717, 1.165) is 11.1 Å². The Labute approximate surface area is 209 Å². The summed E-state index contributed by atoms with van der Waals surface area (Å²) in [6.07, 6.45) is 0. The Morgan fingerprint density at radius 3 is 2.09 bits per heavy atom. The number of rotatable bonds is 7. The Balaban J connectivity index is 1.19. The predicted molar refractivity (Wildman–Crippen MR) is 137 cm³/mol. The number of piperazine rings is 1. The third-order valence-corrected chi connectivity index (χ3v) is 6.22. The van der Waals surface area contributed by atoms with Gasteiger partial charge in [0.05, 0.1) is 23.8 Å². The Hall–Kier alpha value is -3.68. The van der Waals surface area contributed by atoms with Gasteiger partial charge in [-0.1, -0.05) is 66.2 Å². The summed E-state index contributed by atoms with van der Waals surface area (Å²) < 4.78 is 0. The van der Waals surface area contributed by atoms with Crippen LogP contribution in [-0.4, -0.2) is 66.8 Å². The fourth-order valence-corrected chi connectivity index (χ4v) is 4.11. The third-order valence-electron chi connectivity index (χ3n) is 5.89. The summed E-state index contributed by atoms with van der Waals surface area (Å²) in [6.45, 7) is 2.32. The van der Waals surface area contributed by atoms with E-state index in [1.54, 1.807) is 35.2 Å². The van der Waals surface area contributed by atoms with Crippen molar-refractivity contribution in [2.45, 2.75) is 0 Å². The number of carbonyl (C=O) groups excluding carboxylic acids is 3. The zero-order valence-electron chi connectivity index (χ0n) is 19.2. The molecule has 0 aromatic heterocycles. The molecule has 0 radical (unpaired) electrons. The average Bonchev–Trinajstić information content (AvgIpc) is 2.89. The number of hydrogen-bond donors (Lipinski definition) is 2. The smallest absolute Gasteiger partial charge is 0.251 e. The number of carbonyl (C=O) groups is 3. The van der Waals surface area contributed by atoms with Crippen LogP contribution < -0.4 is 10.6 Å². The lowest BCUT2D eigenvalue weighted by Crippen LogP contribution is -2.52. The van der Waals surface area contributed by atoms with Crippen molar-refractivity contribution < 1.29 is 14.4 Å². The van der Waals surface area contributed by atoms with Crippen LogP contribution in [-0.2, 0) is 9.59 Å². The van der Waals surface area contributed by atoms with Gasteiger partial charge in [0.2, 0.25) is 11.8 Å². The average molecular weight is 491 g/mol. The Morgan fingerprint density at radius 2 is 1.40 bits per heavy atom. The maximum atomic E-state index is 12.6. The van der Waals surface area contributed by atoms with Crippen LogP contribution in [0.25, 0.3) is 11.1 Å². The first-order valence-electron chi connectivity index (χ1n) is 11.5. The highest BCUT2D eigenvalue weighted by atomic mass is 35.5. The van der Waals surface area contributed by atoms with Crippen molar-refractivity contribution in [1.82, 2.24) is 15.1 Å². The van der Waals surface area contributed by atoms with Crippen molar-refractivity contribution in [2.24, 2.45) is 0 Å². The molecule has 1 saturated heterocycles. The molecule has 1 heterocycles. The summed E-state index contributed by atoms with van der Waals surface area (Å²) >= 11 is 6.09. The second-order valence-electron chi connectivity index (χ2n) is 8.31. The first kappa shape index (κ1) is 24.4. The van der Waals surface area contributed by atoms with E-state index in [4.69, 9.17) is 11.6 Å². The van der Waals surface area contributed by atoms with Gasteiger partial charge >= 0.3 is 0 Å². The highest BCUT2D eigenvalue weighted by molar-refractivity contribution is 6.33. The highest BCUT2D eigenvalue weighted by Gasteiger charge is 2.23. The molecule has 0 saturated carbocycles. The standard InChI is InChI=1S/C27H27ClN4O3/c28-23-8-4-5-9-24(23)30-25(33)19-31-14-16-32(17-15-31)26(34)18-29-27(35)22-12-10-21(11-13-22)20-6-2-1-3-7-20/h1-13H,14-19H2,(H,29,35)(H,30,33). The molecule has 0 aliphatic carbocycles. The molecule has 0 bridgehead atoms. The number of para-hydroxylation sites is 1. The van der Waals surface area contributed by atoms with Crippen molar-refractivity contribution >= 4 is 35.0 Å². The van der Waals surface area contributed by atoms with Crippen molar-refractivity contribution in [3.63, 3.8) is 0 Å². The summed E-state index contributed by atoms with van der Waals surface area (Å²) in [7, 11) is 0. The normalized spacial score (nSPS) is 13.8. The molecule has 8 heteroatoms. The molecular weight excluding hydrogens is 464 g/mol. The van der Waals surface area contributed by atoms with Gasteiger partial charge in [-0.25, -0.2) is 0 Å². The number of halogens is 1. The van der Waals surface area contributed by atoms with E-state index in [1.807, 2.05) is 53.4 Å².